The molecule has 1 heterocycles. The van der Waals surface area contributed by atoms with Crippen molar-refractivity contribution in [2.75, 3.05) is 18.4 Å². The van der Waals surface area contributed by atoms with Crippen LogP contribution in [0, 0.1) is 11.3 Å². The van der Waals surface area contributed by atoms with Gasteiger partial charge >= 0.3 is 0 Å². The summed E-state index contributed by atoms with van der Waals surface area (Å²) in [5.74, 6) is 0.269. The first-order valence-electron chi connectivity index (χ1n) is 9.59. The fraction of sp³-hybridized carbons (Fsp3) is 0.600. The van der Waals surface area contributed by atoms with E-state index in [-0.39, 0.29) is 23.1 Å². The summed E-state index contributed by atoms with van der Waals surface area (Å²) in [4.78, 5) is 24.7. The summed E-state index contributed by atoms with van der Waals surface area (Å²) >= 11 is 0. The molecule has 2 saturated carbocycles. The highest BCUT2D eigenvalue weighted by Gasteiger charge is 2.57. The van der Waals surface area contributed by atoms with Gasteiger partial charge in [-0.15, -0.1) is 0 Å². The smallest absolute Gasteiger partial charge is 0.251 e. The van der Waals surface area contributed by atoms with E-state index < -0.39 is 0 Å². The molecular weight excluding hydrogens is 314 g/mol. The van der Waals surface area contributed by atoms with Gasteiger partial charge in [0.1, 0.15) is 0 Å². The van der Waals surface area contributed by atoms with E-state index in [9.17, 15) is 9.59 Å². The summed E-state index contributed by atoms with van der Waals surface area (Å²) in [5, 5.41) is 9.48. The Hall–Kier alpha value is -1.88. The van der Waals surface area contributed by atoms with Crippen molar-refractivity contribution in [1.82, 2.24) is 10.6 Å². The lowest BCUT2D eigenvalue weighted by molar-refractivity contribution is -0.118. The highest BCUT2D eigenvalue weighted by Crippen LogP contribution is 2.58. The highest BCUT2D eigenvalue weighted by molar-refractivity contribution is 5.97. The molecule has 3 aliphatic rings. The number of piperidine rings is 1. The van der Waals surface area contributed by atoms with Gasteiger partial charge in [-0.2, -0.15) is 0 Å². The number of anilines is 1. The Morgan fingerprint density at radius 3 is 2.40 bits per heavy atom. The maximum atomic E-state index is 12.5. The van der Waals surface area contributed by atoms with E-state index in [1.165, 1.54) is 12.8 Å². The molecule has 0 aromatic heterocycles. The Morgan fingerprint density at radius 1 is 1.04 bits per heavy atom. The molecule has 1 aliphatic heterocycles. The van der Waals surface area contributed by atoms with Crippen molar-refractivity contribution in [1.29, 1.82) is 0 Å². The van der Waals surface area contributed by atoms with Gasteiger partial charge in [-0.25, -0.2) is 0 Å². The Bertz CT molecular complexity index is 643. The van der Waals surface area contributed by atoms with Gasteiger partial charge in [0.25, 0.3) is 5.91 Å². The molecule has 1 saturated heterocycles. The molecule has 134 valence electrons. The number of amides is 2. The monoisotopic (exact) mass is 341 g/mol. The molecule has 25 heavy (non-hydrogen) atoms. The van der Waals surface area contributed by atoms with Gasteiger partial charge in [0, 0.05) is 23.2 Å². The van der Waals surface area contributed by atoms with Crippen molar-refractivity contribution < 1.29 is 9.59 Å². The van der Waals surface area contributed by atoms with Gasteiger partial charge in [-0.1, -0.05) is 12.8 Å². The summed E-state index contributed by atoms with van der Waals surface area (Å²) in [5.41, 5.74) is 1.68. The van der Waals surface area contributed by atoms with Crippen LogP contribution in [0.4, 0.5) is 5.69 Å². The minimum atomic E-state index is -0.0133. The van der Waals surface area contributed by atoms with Crippen LogP contribution in [0.5, 0.6) is 0 Å². The second-order valence-corrected chi connectivity index (χ2v) is 7.89. The standard InChI is InChI=1S/C20H27N3O2/c24-18(22-15-3-1-2-4-15)14-5-7-16(8-6-14)23-19(25)17-13-20(17)9-11-21-12-10-20/h5-8,15,17,21H,1-4,9-13H2,(H,22,24)(H,23,25). The van der Waals surface area contributed by atoms with Gasteiger partial charge in [0.15, 0.2) is 0 Å². The molecule has 3 fully saturated rings. The van der Waals surface area contributed by atoms with Crippen LogP contribution >= 0.6 is 0 Å². The molecule has 1 aromatic rings. The lowest BCUT2D eigenvalue weighted by Gasteiger charge is -2.23. The predicted molar refractivity (Wildman–Crippen MR) is 97.4 cm³/mol. The second kappa shape index (κ2) is 6.79. The molecular formula is C20H27N3O2. The number of nitrogens with one attached hydrogen (secondary N) is 3. The Morgan fingerprint density at radius 2 is 1.72 bits per heavy atom. The van der Waals surface area contributed by atoms with Crippen LogP contribution in [0.2, 0.25) is 0 Å². The predicted octanol–water partition coefficient (Wildman–Crippen LogP) is 2.69. The average Bonchev–Trinajstić information content (AvgIpc) is 3.06. The Labute approximate surface area is 148 Å². The third kappa shape index (κ3) is 3.56. The highest BCUT2D eigenvalue weighted by atomic mass is 16.2. The summed E-state index contributed by atoms with van der Waals surface area (Å²) < 4.78 is 0. The molecule has 4 rings (SSSR count). The van der Waals surface area contributed by atoms with Crippen molar-refractivity contribution in [3.05, 3.63) is 29.8 Å². The summed E-state index contributed by atoms with van der Waals surface area (Å²) in [6.07, 6.45) is 7.79. The van der Waals surface area contributed by atoms with Gasteiger partial charge in [0.05, 0.1) is 0 Å². The quantitative estimate of drug-likeness (QED) is 0.788. The van der Waals surface area contributed by atoms with E-state index in [4.69, 9.17) is 0 Å². The molecule has 1 spiro atoms. The first kappa shape index (κ1) is 16.6. The average molecular weight is 341 g/mol. The lowest BCUT2D eigenvalue weighted by atomic mass is 9.92. The van der Waals surface area contributed by atoms with Crippen molar-refractivity contribution in [2.45, 2.75) is 51.0 Å². The molecule has 5 nitrogen and oxygen atoms in total. The van der Waals surface area contributed by atoms with Gasteiger partial charge in [-0.3, -0.25) is 9.59 Å². The van der Waals surface area contributed by atoms with E-state index in [2.05, 4.69) is 16.0 Å². The number of carbonyl (C=O) groups is 2. The molecule has 0 bridgehead atoms. The van der Waals surface area contributed by atoms with Crippen LogP contribution in [-0.2, 0) is 4.79 Å². The third-order valence-corrected chi connectivity index (χ3v) is 6.21. The molecule has 3 N–H and O–H groups in total. The normalized spacial score (nSPS) is 24.9. The Balaban J connectivity index is 1.31. The van der Waals surface area contributed by atoms with Crippen molar-refractivity contribution in [3.63, 3.8) is 0 Å². The molecule has 1 atom stereocenters. The largest absolute Gasteiger partial charge is 0.349 e. The number of carbonyl (C=O) groups excluding carboxylic acids is 2. The van der Waals surface area contributed by atoms with E-state index in [0.717, 1.165) is 50.9 Å². The number of hydrogen-bond donors (Lipinski definition) is 3. The number of benzene rings is 1. The lowest BCUT2D eigenvalue weighted by Crippen LogP contribution is -2.32. The fourth-order valence-corrected chi connectivity index (χ4v) is 4.47. The van der Waals surface area contributed by atoms with Crippen LogP contribution in [0.1, 0.15) is 55.3 Å². The topological polar surface area (TPSA) is 70.2 Å². The van der Waals surface area contributed by atoms with Gasteiger partial charge in [0.2, 0.25) is 5.91 Å². The second-order valence-electron chi connectivity index (χ2n) is 7.89. The van der Waals surface area contributed by atoms with E-state index in [1.807, 2.05) is 12.1 Å². The van der Waals surface area contributed by atoms with E-state index in [0.29, 0.717) is 11.6 Å². The van der Waals surface area contributed by atoms with Gasteiger partial charge < -0.3 is 16.0 Å². The third-order valence-electron chi connectivity index (χ3n) is 6.21. The SMILES string of the molecule is O=C(NC1CCCC1)c1ccc(NC(=O)C2CC23CCNCC3)cc1. The van der Waals surface area contributed by atoms with Gasteiger partial charge in [-0.05, 0) is 74.9 Å². The molecule has 5 heteroatoms. The maximum absolute atomic E-state index is 12.5. The van der Waals surface area contributed by atoms with Crippen molar-refractivity contribution >= 4 is 17.5 Å². The van der Waals surface area contributed by atoms with Crippen LogP contribution in [0.3, 0.4) is 0 Å². The molecule has 1 aromatic carbocycles. The molecule has 2 amide bonds. The van der Waals surface area contributed by atoms with Crippen molar-refractivity contribution in [3.8, 4) is 0 Å². The minimum absolute atomic E-state index is 0.0133. The molecule has 0 radical (unpaired) electrons. The Kier molecular flexibility index (Phi) is 4.50. The summed E-state index contributed by atoms with van der Waals surface area (Å²) in [6, 6.07) is 7.58. The van der Waals surface area contributed by atoms with Crippen LogP contribution < -0.4 is 16.0 Å². The van der Waals surface area contributed by atoms with Crippen molar-refractivity contribution in [2.24, 2.45) is 11.3 Å². The zero-order valence-corrected chi connectivity index (χ0v) is 14.6. The maximum Gasteiger partial charge on any atom is 0.251 e. The van der Waals surface area contributed by atoms with Crippen LogP contribution in [-0.4, -0.2) is 30.9 Å². The van der Waals surface area contributed by atoms with E-state index >= 15 is 0 Å². The van der Waals surface area contributed by atoms with Crippen LogP contribution in [0.25, 0.3) is 0 Å². The molecule has 2 aliphatic carbocycles. The zero-order chi connectivity index (χ0) is 17.3. The van der Waals surface area contributed by atoms with Crippen LogP contribution in [0.15, 0.2) is 24.3 Å². The number of hydrogen-bond acceptors (Lipinski definition) is 3. The minimum Gasteiger partial charge on any atom is -0.349 e. The zero-order valence-electron chi connectivity index (χ0n) is 14.6. The summed E-state index contributed by atoms with van der Waals surface area (Å²) in [7, 11) is 0. The first-order chi connectivity index (χ1) is 12.2. The molecule has 1 unspecified atom stereocenters. The van der Waals surface area contributed by atoms with E-state index in [1.54, 1.807) is 12.1 Å². The number of rotatable bonds is 4. The summed E-state index contributed by atoms with van der Waals surface area (Å²) in [6.45, 7) is 2.04. The first-order valence-corrected chi connectivity index (χ1v) is 9.59. The fourth-order valence-electron chi connectivity index (χ4n) is 4.47.